The van der Waals surface area contributed by atoms with Crippen molar-refractivity contribution >= 4 is 17.0 Å². The van der Waals surface area contributed by atoms with Gasteiger partial charge in [0.2, 0.25) is 0 Å². The molecule has 0 fully saturated rings. The number of para-hydroxylation sites is 1. The fourth-order valence-electron chi connectivity index (χ4n) is 1.91. The van der Waals surface area contributed by atoms with E-state index in [9.17, 15) is 9.90 Å². The van der Waals surface area contributed by atoms with Gasteiger partial charge in [0, 0.05) is 0 Å². The molecule has 0 aliphatic carbocycles. The first-order chi connectivity index (χ1) is 10.1. The van der Waals surface area contributed by atoms with Gasteiger partial charge in [0.1, 0.15) is 16.8 Å². The van der Waals surface area contributed by atoms with E-state index in [4.69, 9.17) is 4.74 Å². The second kappa shape index (κ2) is 5.16. The highest BCUT2D eigenvalue weighted by atomic mass is 16.5. The van der Waals surface area contributed by atoms with E-state index in [1.807, 2.05) is 19.1 Å². The molecule has 2 aromatic carbocycles. The van der Waals surface area contributed by atoms with Gasteiger partial charge in [-0.2, -0.15) is 4.98 Å². The van der Waals surface area contributed by atoms with Crippen molar-refractivity contribution in [2.45, 2.75) is 6.92 Å². The summed E-state index contributed by atoms with van der Waals surface area (Å²) in [5.74, 6) is -0.882. The van der Waals surface area contributed by atoms with Crippen molar-refractivity contribution in [2.75, 3.05) is 0 Å². The van der Waals surface area contributed by atoms with Crippen LogP contribution >= 0.6 is 0 Å². The number of aromatic nitrogens is 3. The van der Waals surface area contributed by atoms with E-state index in [1.165, 1.54) is 6.07 Å². The molecule has 1 heterocycles. The molecule has 6 heteroatoms. The summed E-state index contributed by atoms with van der Waals surface area (Å²) in [6, 6.07) is 12.1. The van der Waals surface area contributed by atoms with Gasteiger partial charge in [0.15, 0.2) is 0 Å². The lowest BCUT2D eigenvalue weighted by Gasteiger charge is -2.07. The second-order valence-corrected chi connectivity index (χ2v) is 4.49. The van der Waals surface area contributed by atoms with Crippen LogP contribution in [-0.4, -0.2) is 26.3 Å². The topological polar surface area (TPSA) is 85.2 Å². The normalized spacial score (nSPS) is 10.5. The van der Waals surface area contributed by atoms with Crippen molar-refractivity contribution in [1.29, 1.82) is 0 Å². The molecule has 1 N–H and O–H groups in total. The third-order valence-corrected chi connectivity index (χ3v) is 2.91. The van der Waals surface area contributed by atoms with Crippen LogP contribution in [0.1, 0.15) is 15.9 Å². The molecule has 0 unspecified atom stereocenters. The summed E-state index contributed by atoms with van der Waals surface area (Å²) >= 11 is 0. The number of carboxylic acid groups (broad SMARTS) is 1. The Morgan fingerprint density at radius 2 is 1.86 bits per heavy atom. The summed E-state index contributed by atoms with van der Waals surface area (Å²) in [4.78, 5) is 15.4. The summed E-state index contributed by atoms with van der Waals surface area (Å²) in [5.41, 5.74) is 2.17. The van der Waals surface area contributed by atoms with Gasteiger partial charge in [-0.15, -0.1) is 5.10 Å². The van der Waals surface area contributed by atoms with Gasteiger partial charge in [-0.1, -0.05) is 28.9 Å². The van der Waals surface area contributed by atoms with E-state index in [2.05, 4.69) is 15.2 Å². The average molecular weight is 281 g/mol. The van der Waals surface area contributed by atoms with Crippen LogP contribution in [0.2, 0.25) is 0 Å². The van der Waals surface area contributed by atoms with Crippen molar-refractivity contribution in [3.63, 3.8) is 0 Å². The molecule has 0 atom stereocenters. The van der Waals surface area contributed by atoms with Crippen molar-refractivity contribution in [1.82, 2.24) is 15.2 Å². The molecule has 0 amide bonds. The average Bonchev–Trinajstić information content (AvgIpc) is 2.49. The molecule has 3 rings (SSSR count). The number of carboxylic acids is 1. The highest BCUT2D eigenvalue weighted by Gasteiger charge is 2.14. The molecular weight excluding hydrogens is 270 g/mol. The fourth-order valence-corrected chi connectivity index (χ4v) is 1.91. The van der Waals surface area contributed by atoms with Crippen molar-refractivity contribution in [3.8, 4) is 11.8 Å². The predicted octanol–water partition coefficient (Wildman–Crippen LogP) is 2.82. The van der Waals surface area contributed by atoms with E-state index in [-0.39, 0.29) is 17.3 Å². The molecule has 0 spiro atoms. The molecule has 0 saturated heterocycles. The molecule has 1 aromatic heterocycles. The largest absolute Gasteiger partial charge is 0.478 e. The van der Waals surface area contributed by atoms with Gasteiger partial charge < -0.3 is 9.84 Å². The van der Waals surface area contributed by atoms with Gasteiger partial charge in [-0.25, -0.2) is 4.79 Å². The number of ether oxygens (including phenoxy) is 1. The van der Waals surface area contributed by atoms with E-state index in [1.54, 1.807) is 24.3 Å². The van der Waals surface area contributed by atoms with E-state index < -0.39 is 5.97 Å². The van der Waals surface area contributed by atoms with Crippen LogP contribution in [0.4, 0.5) is 0 Å². The standard InChI is InChI=1S/C15H11N3O3/c1-9-6-7-13(10(8-9)14(19)20)21-15-16-11-4-2-3-5-12(11)17-18-15/h2-8H,1H3,(H,19,20). The number of aromatic carboxylic acids is 1. The molecule has 0 saturated carbocycles. The number of rotatable bonds is 3. The number of hydrogen-bond donors (Lipinski definition) is 1. The Hall–Kier alpha value is -3.02. The Kier molecular flexibility index (Phi) is 3.19. The zero-order valence-electron chi connectivity index (χ0n) is 11.1. The Bertz CT molecular complexity index is 833. The van der Waals surface area contributed by atoms with E-state index >= 15 is 0 Å². The summed E-state index contributed by atoms with van der Waals surface area (Å²) in [5, 5.41) is 17.0. The third kappa shape index (κ3) is 2.64. The number of benzene rings is 2. The summed E-state index contributed by atoms with van der Waals surface area (Å²) in [6.45, 7) is 1.81. The zero-order valence-corrected chi connectivity index (χ0v) is 11.1. The van der Waals surface area contributed by atoms with Crippen molar-refractivity contribution in [3.05, 3.63) is 53.6 Å². The lowest BCUT2D eigenvalue weighted by molar-refractivity contribution is 0.0694. The number of fused-ring (bicyclic) bond motifs is 1. The maximum absolute atomic E-state index is 11.2. The monoisotopic (exact) mass is 281 g/mol. The molecule has 0 radical (unpaired) electrons. The Morgan fingerprint density at radius 3 is 2.62 bits per heavy atom. The molecule has 0 bridgehead atoms. The van der Waals surface area contributed by atoms with Gasteiger partial charge in [0.05, 0.1) is 5.52 Å². The molecule has 3 aromatic rings. The fraction of sp³-hybridized carbons (Fsp3) is 0.0667. The summed E-state index contributed by atoms with van der Waals surface area (Å²) in [6.07, 6.45) is 0. The summed E-state index contributed by atoms with van der Waals surface area (Å²) < 4.78 is 5.47. The lowest BCUT2D eigenvalue weighted by Crippen LogP contribution is -2.02. The highest BCUT2D eigenvalue weighted by Crippen LogP contribution is 2.24. The minimum absolute atomic E-state index is 0.0139. The molecule has 0 aliphatic heterocycles. The van der Waals surface area contributed by atoms with Crippen LogP contribution < -0.4 is 4.74 Å². The molecule has 0 aliphatic rings. The molecule has 104 valence electrons. The smallest absolute Gasteiger partial charge is 0.341 e. The number of carbonyl (C=O) groups is 1. The van der Waals surface area contributed by atoms with Crippen LogP contribution in [0.5, 0.6) is 11.8 Å². The van der Waals surface area contributed by atoms with Crippen LogP contribution in [0.15, 0.2) is 42.5 Å². The zero-order chi connectivity index (χ0) is 14.8. The summed E-state index contributed by atoms with van der Waals surface area (Å²) in [7, 11) is 0. The first-order valence-corrected chi connectivity index (χ1v) is 6.25. The number of nitrogens with zero attached hydrogens (tertiary/aromatic N) is 3. The Labute approximate surface area is 120 Å². The van der Waals surface area contributed by atoms with Crippen molar-refractivity contribution < 1.29 is 14.6 Å². The lowest BCUT2D eigenvalue weighted by atomic mass is 10.1. The van der Waals surface area contributed by atoms with Gasteiger partial charge >= 0.3 is 12.0 Å². The Morgan fingerprint density at radius 1 is 1.10 bits per heavy atom. The SMILES string of the molecule is Cc1ccc(Oc2nnc3ccccc3n2)c(C(=O)O)c1. The van der Waals surface area contributed by atoms with Crippen LogP contribution in [0.3, 0.4) is 0 Å². The van der Waals surface area contributed by atoms with Gasteiger partial charge in [0.25, 0.3) is 0 Å². The molecule has 21 heavy (non-hydrogen) atoms. The van der Waals surface area contributed by atoms with Crippen LogP contribution in [-0.2, 0) is 0 Å². The van der Waals surface area contributed by atoms with Gasteiger partial charge in [-0.3, -0.25) is 0 Å². The second-order valence-electron chi connectivity index (χ2n) is 4.49. The van der Waals surface area contributed by atoms with Gasteiger partial charge in [-0.05, 0) is 31.2 Å². The van der Waals surface area contributed by atoms with E-state index in [0.29, 0.717) is 11.0 Å². The minimum atomic E-state index is -1.07. The quantitative estimate of drug-likeness (QED) is 0.794. The Balaban J connectivity index is 2.00. The molecule has 6 nitrogen and oxygen atoms in total. The number of hydrogen-bond acceptors (Lipinski definition) is 5. The first-order valence-electron chi connectivity index (χ1n) is 6.25. The highest BCUT2D eigenvalue weighted by molar-refractivity contribution is 5.91. The first kappa shape index (κ1) is 13.0. The maximum atomic E-state index is 11.2. The predicted molar refractivity (Wildman–Crippen MR) is 75.5 cm³/mol. The van der Waals surface area contributed by atoms with Crippen molar-refractivity contribution in [2.24, 2.45) is 0 Å². The molecular formula is C15H11N3O3. The van der Waals surface area contributed by atoms with Crippen LogP contribution in [0.25, 0.3) is 11.0 Å². The number of aryl methyl sites for hydroxylation is 1. The maximum Gasteiger partial charge on any atom is 0.341 e. The third-order valence-electron chi connectivity index (χ3n) is 2.91. The minimum Gasteiger partial charge on any atom is -0.478 e. The van der Waals surface area contributed by atoms with E-state index in [0.717, 1.165) is 5.56 Å². The van der Waals surface area contributed by atoms with Crippen LogP contribution in [0, 0.1) is 6.92 Å².